The van der Waals surface area contributed by atoms with Crippen molar-refractivity contribution in [2.75, 3.05) is 14.2 Å². The summed E-state index contributed by atoms with van der Waals surface area (Å²) in [5.41, 5.74) is 13.8. The quantitative estimate of drug-likeness (QED) is 0.610. The Labute approximate surface area is 153 Å². The molecule has 0 aliphatic heterocycles. The fraction of sp³-hybridized carbons (Fsp3) is 0.400. The van der Waals surface area contributed by atoms with E-state index in [1.54, 1.807) is 20.3 Å². The third-order valence-corrected chi connectivity index (χ3v) is 4.51. The molecule has 0 amide bonds. The second kappa shape index (κ2) is 7.23. The van der Waals surface area contributed by atoms with Crippen LogP contribution in [0.25, 0.3) is 10.8 Å². The summed E-state index contributed by atoms with van der Waals surface area (Å²) in [5, 5.41) is 2.00. The molecule has 4 N–H and O–H groups in total. The van der Waals surface area contributed by atoms with Gasteiger partial charge >= 0.3 is 0 Å². The van der Waals surface area contributed by atoms with Gasteiger partial charge in [0, 0.05) is 11.1 Å². The summed E-state index contributed by atoms with van der Waals surface area (Å²) in [7, 11) is 3.25. The molecule has 3 rings (SSSR count). The Bertz CT molecular complexity index is 883. The van der Waals surface area contributed by atoms with Crippen LogP contribution >= 0.6 is 0 Å². The standard InChI is InChI=1S/C20H26N4O2/c1-11(2)20-14-9-17(26-4)16(25-3)7-13(14)8-19(24-20)23-18(22)10-15(21)12-5-6-12/h7-12H,5-6,21H2,1-4H3,(H2,22,23,24)/b15-10-. The lowest BCUT2D eigenvalue weighted by atomic mass is 10.0. The highest BCUT2D eigenvalue weighted by Gasteiger charge is 2.24. The lowest BCUT2D eigenvalue weighted by Crippen LogP contribution is -2.12. The van der Waals surface area contributed by atoms with Crippen molar-refractivity contribution in [1.82, 2.24) is 4.98 Å². The van der Waals surface area contributed by atoms with Crippen molar-refractivity contribution in [3.8, 4) is 11.5 Å². The van der Waals surface area contributed by atoms with Crippen LogP contribution in [0.3, 0.4) is 0 Å². The number of fused-ring (bicyclic) bond motifs is 1. The molecule has 138 valence electrons. The number of pyridine rings is 1. The summed E-state index contributed by atoms with van der Waals surface area (Å²) in [6.07, 6.45) is 4.00. The van der Waals surface area contributed by atoms with Gasteiger partial charge in [0.15, 0.2) is 17.3 Å². The fourth-order valence-corrected chi connectivity index (χ4v) is 2.96. The van der Waals surface area contributed by atoms with E-state index in [0.29, 0.717) is 29.1 Å². The smallest absolute Gasteiger partial charge is 0.161 e. The summed E-state index contributed by atoms with van der Waals surface area (Å²) in [6, 6.07) is 5.79. The summed E-state index contributed by atoms with van der Waals surface area (Å²) in [5.74, 6) is 2.96. The normalized spacial score (nSPS) is 15.6. The van der Waals surface area contributed by atoms with Gasteiger partial charge in [0.05, 0.1) is 19.9 Å². The zero-order valence-electron chi connectivity index (χ0n) is 15.7. The number of benzene rings is 1. The molecule has 6 heteroatoms. The van der Waals surface area contributed by atoms with Crippen LogP contribution in [-0.4, -0.2) is 25.0 Å². The van der Waals surface area contributed by atoms with Crippen LogP contribution in [0, 0.1) is 5.92 Å². The lowest BCUT2D eigenvalue weighted by Gasteiger charge is -2.14. The van der Waals surface area contributed by atoms with Crippen molar-refractivity contribution >= 4 is 22.4 Å². The molecule has 1 aliphatic carbocycles. The van der Waals surface area contributed by atoms with Crippen molar-refractivity contribution in [2.45, 2.75) is 32.6 Å². The predicted molar refractivity (Wildman–Crippen MR) is 105 cm³/mol. The number of nitrogens with two attached hydrogens (primary N) is 2. The lowest BCUT2D eigenvalue weighted by molar-refractivity contribution is 0.356. The number of methoxy groups -OCH3 is 2. The maximum Gasteiger partial charge on any atom is 0.161 e. The second-order valence-electron chi connectivity index (χ2n) is 6.90. The van der Waals surface area contributed by atoms with Gasteiger partial charge < -0.3 is 20.9 Å². The van der Waals surface area contributed by atoms with Gasteiger partial charge in [-0.3, -0.25) is 0 Å². The molecule has 26 heavy (non-hydrogen) atoms. The first kappa shape index (κ1) is 18.0. The number of rotatable bonds is 6. The van der Waals surface area contributed by atoms with Gasteiger partial charge in [0.1, 0.15) is 5.84 Å². The summed E-state index contributed by atoms with van der Waals surface area (Å²) < 4.78 is 10.8. The first-order valence-corrected chi connectivity index (χ1v) is 8.80. The van der Waals surface area contributed by atoms with Crippen molar-refractivity contribution in [1.29, 1.82) is 0 Å². The van der Waals surface area contributed by atoms with E-state index < -0.39 is 0 Å². The van der Waals surface area contributed by atoms with E-state index in [9.17, 15) is 0 Å². The summed E-state index contributed by atoms with van der Waals surface area (Å²) in [6.45, 7) is 4.20. The molecule has 0 unspecified atom stereocenters. The van der Waals surface area contributed by atoms with E-state index >= 15 is 0 Å². The highest BCUT2D eigenvalue weighted by Crippen LogP contribution is 2.37. The number of aliphatic imine (C=N–C) groups is 1. The molecular weight excluding hydrogens is 328 g/mol. The average molecular weight is 354 g/mol. The van der Waals surface area contributed by atoms with E-state index in [2.05, 4.69) is 18.8 Å². The highest BCUT2D eigenvalue weighted by atomic mass is 16.5. The van der Waals surface area contributed by atoms with Crippen LogP contribution in [0.4, 0.5) is 5.82 Å². The molecule has 1 aromatic heterocycles. The van der Waals surface area contributed by atoms with E-state index in [0.717, 1.165) is 35.0 Å². The minimum absolute atomic E-state index is 0.221. The van der Waals surface area contributed by atoms with Gasteiger partial charge in [0.25, 0.3) is 0 Å². The van der Waals surface area contributed by atoms with Crippen LogP contribution in [0.1, 0.15) is 38.3 Å². The molecule has 1 aromatic carbocycles. The summed E-state index contributed by atoms with van der Waals surface area (Å²) >= 11 is 0. The van der Waals surface area contributed by atoms with Gasteiger partial charge in [-0.2, -0.15) is 0 Å². The van der Waals surface area contributed by atoms with E-state index in [1.807, 2.05) is 18.2 Å². The van der Waals surface area contributed by atoms with E-state index in [1.165, 1.54) is 0 Å². The molecule has 1 heterocycles. The molecule has 0 saturated heterocycles. The Morgan fingerprint density at radius 1 is 1.15 bits per heavy atom. The van der Waals surface area contributed by atoms with Gasteiger partial charge in [-0.05, 0) is 54.3 Å². The third kappa shape index (κ3) is 3.74. The number of aromatic nitrogens is 1. The fourth-order valence-electron chi connectivity index (χ4n) is 2.96. The second-order valence-corrected chi connectivity index (χ2v) is 6.90. The topological polar surface area (TPSA) is 95.8 Å². The summed E-state index contributed by atoms with van der Waals surface area (Å²) in [4.78, 5) is 9.16. The van der Waals surface area contributed by atoms with Crippen molar-refractivity contribution < 1.29 is 9.47 Å². The molecular formula is C20H26N4O2. The van der Waals surface area contributed by atoms with Gasteiger partial charge in [0.2, 0.25) is 0 Å². The zero-order valence-corrected chi connectivity index (χ0v) is 15.7. The van der Waals surface area contributed by atoms with Crippen molar-refractivity contribution in [3.05, 3.63) is 35.7 Å². The molecule has 2 aromatic rings. The van der Waals surface area contributed by atoms with Crippen LogP contribution in [0.15, 0.2) is 35.0 Å². The maximum absolute atomic E-state index is 6.05. The Balaban J connectivity index is 2.10. The molecule has 0 bridgehead atoms. The van der Waals surface area contributed by atoms with Crippen LogP contribution in [0.5, 0.6) is 11.5 Å². The Kier molecular flexibility index (Phi) is 5.02. The molecule has 1 saturated carbocycles. The molecule has 6 nitrogen and oxygen atoms in total. The van der Waals surface area contributed by atoms with Gasteiger partial charge in [-0.15, -0.1) is 0 Å². The van der Waals surface area contributed by atoms with Crippen LogP contribution < -0.4 is 20.9 Å². The number of allylic oxidation sites excluding steroid dienone is 1. The Morgan fingerprint density at radius 2 is 1.81 bits per heavy atom. The molecule has 0 radical (unpaired) electrons. The molecule has 1 fully saturated rings. The molecule has 0 spiro atoms. The third-order valence-electron chi connectivity index (χ3n) is 4.51. The van der Waals surface area contributed by atoms with Crippen LogP contribution in [0.2, 0.25) is 0 Å². The Morgan fingerprint density at radius 3 is 2.38 bits per heavy atom. The predicted octanol–water partition coefficient (Wildman–Crippen LogP) is 3.62. The number of hydrogen-bond acceptors (Lipinski definition) is 5. The highest BCUT2D eigenvalue weighted by molar-refractivity contribution is 5.95. The zero-order chi connectivity index (χ0) is 18.8. The minimum Gasteiger partial charge on any atom is -0.493 e. The monoisotopic (exact) mass is 354 g/mol. The SMILES string of the molecule is COc1cc2cc(/N=C(N)\C=C(/N)C3CC3)nc(C(C)C)c2cc1OC. The van der Waals surface area contributed by atoms with Crippen molar-refractivity contribution in [2.24, 2.45) is 22.4 Å². The maximum atomic E-state index is 6.05. The largest absolute Gasteiger partial charge is 0.493 e. The first-order chi connectivity index (χ1) is 12.4. The van der Waals surface area contributed by atoms with Crippen LogP contribution in [-0.2, 0) is 0 Å². The number of ether oxygens (including phenoxy) is 2. The molecule has 0 atom stereocenters. The Hall–Kier alpha value is -2.76. The van der Waals surface area contributed by atoms with E-state index in [-0.39, 0.29) is 5.92 Å². The first-order valence-electron chi connectivity index (χ1n) is 8.80. The van der Waals surface area contributed by atoms with Crippen molar-refractivity contribution in [3.63, 3.8) is 0 Å². The minimum atomic E-state index is 0.221. The number of hydrogen-bond donors (Lipinski definition) is 2. The number of amidine groups is 1. The number of nitrogens with zero attached hydrogens (tertiary/aromatic N) is 2. The van der Waals surface area contributed by atoms with Gasteiger partial charge in [-0.25, -0.2) is 9.98 Å². The van der Waals surface area contributed by atoms with E-state index in [4.69, 9.17) is 25.9 Å². The molecule has 1 aliphatic rings. The average Bonchev–Trinajstić information content (AvgIpc) is 3.44. The van der Waals surface area contributed by atoms with Gasteiger partial charge in [-0.1, -0.05) is 13.8 Å².